The second-order valence-corrected chi connectivity index (χ2v) is 8.23. The first-order chi connectivity index (χ1) is 11.7. The fourth-order valence-corrected chi connectivity index (χ4v) is 5.45. The maximum atomic E-state index is 12.3. The summed E-state index contributed by atoms with van der Waals surface area (Å²) in [7, 11) is 0. The molecule has 3 rings (SSSR count). The molecule has 5 unspecified atom stereocenters. The number of carboxylic acids is 1. The van der Waals surface area contributed by atoms with Gasteiger partial charge in [-0.05, 0) is 68.8 Å². The molecule has 25 heavy (non-hydrogen) atoms. The summed E-state index contributed by atoms with van der Waals surface area (Å²) in [6, 6.07) is 0. The summed E-state index contributed by atoms with van der Waals surface area (Å²) in [5, 5.41) is 19.6. The molecule has 0 radical (unpaired) electrons. The minimum Gasteiger partial charge on any atom is -0.481 e. The average Bonchev–Trinajstić information content (AvgIpc) is 2.87. The van der Waals surface area contributed by atoms with Crippen LogP contribution in [0, 0.1) is 22.7 Å². The first-order valence-corrected chi connectivity index (χ1v) is 9.22. The number of aliphatic carboxylic acids is 1. The van der Waals surface area contributed by atoms with Gasteiger partial charge in [-0.3, -0.25) is 4.79 Å². The molecule has 2 aliphatic carbocycles. The van der Waals surface area contributed by atoms with Crippen molar-refractivity contribution in [1.29, 1.82) is 0 Å². The van der Waals surface area contributed by atoms with Gasteiger partial charge in [-0.25, -0.2) is 4.79 Å². The molecule has 3 aliphatic rings. The van der Waals surface area contributed by atoms with Crippen molar-refractivity contribution >= 4 is 11.9 Å². The largest absolute Gasteiger partial charge is 0.481 e. The molecule has 0 saturated heterocycles. The van der Waals surface area contributed by atoms with Crippen molar-refractivity contribution in [1.82, 2.24) is 0 Å². The summed E-state index contributed by atoms with van der Waals surface area (Å²) in [5.41, 5.74) is 0.560. The van der Waals surface area contributed by atoms with E-state index in [-0.39, 0.29) is 11.3 Å². The lowest BCUT2D eigenvalue weighted by atomic mass is 9.46. The number of allylic oxidation sites excluding steroid dienone is 1. The van der Waals surface area contributed by atoms with Crippen molar-refractivity contribution in [2.24, 2.45) is 22.7 Å². The fourth-order valence-electron chi connectivity index (χ4n) is 5.45. The molecule has 0 bridgehead atoms. The molecule has 1 saturated carbocycles. The van der Waals surface area contributed by atoms with Crippen LogP contribution in [0.25, 0.3) is 0 Å². The Morgan fingerprint density at radius 1 is 1.40 bits per heavy atom. The average molecular weight is 348 g/mol. The van der Waals surface area contributed by atoms with Crippen LogP contribution >= 0.6 is 0 Å². The van der Waals surface area contributed by atoms with Crippen LogP contribution in [0.2, 0.25) is 0 Å². The number of fused-ring (bicyclic) bond motifs is 1. The minimum absolute atomic E-state index is 0.0641. The molecule has 1 aliphatic heterocycles. The van der Waals surface area contributed by atoms with Crippen LogP contribution in [0.1, 0.15) is 59.3 Å². The number of aliphatic hydroxyl groups excluding tert-OH is 1. The Kier molecular flexibility index (Phi) is 4.56. The van der Waals surface area contributed by atoms with Gasteiger partial charge in [0.05, 0.1) is 5.41 Å². The van der Waals surface area contributed by atoms with Crippen molar-refractivity contribution in [3.63, 3.8) is 0 Å². The van der Waals surface area contributed by atoms with Crippen molar-refractivity contribution in [2.75, 3.05) is 0 Å². The number of aliphatic hydroxyl groups is 1. The quantitative estimate of drug-likeness (QED) is 0.601. The van der Waals surface area contributed by atoms with Gasteiger partial charge in [0.1, 0.15) is 0 Å². The fraction of sp³-hybridized carbons (Fsp3) is 0.700. The van der Waals surface area contributed by atoms with Crippen molar-refractivity contribution in [3.8, 4) is 0 Å². The molecular weight excluding hydrogens is 320 g/mol. The summed E-state index contributed by atoms with van der Waals surface area (Å²) >= 11 is 0. The molecule has 0 aromatic carbocycles. The number of ether oxygens (including phenoxy) is 1. The number of cyclic esters (lactones) is 1. The lowest BCUT2D eigenvalue weighted by Crippen LogP contribution is -2.54. The van der Waals surface area contributed by atoms with Gasteiger partial charge in [0.2, 0.25) is 6.29 Å². The number of rotatable bonds is 4. The van der Waals surface area contributed by atoms with Crippen LogP contribution < -0.4 is 0 Å². The normalized spacial score (nSPS) is 40.8. The Labute approximate surface area is 148 Å². The summed E-state index contributed by atoms with van der Waals surface area (Å²) in [5.74, 6) is -0.712. The summed E-state index contributed by atoms with van der Waals surface area (Å²) in [6.07, 6.45) is 7.02. The zero-order valence-electron chi connectivity index (χ0n) is 15.2. The molecule has 0 spiro atoms. The Morgan fingerprint density at radius 3 is 2.72 bits per heavy atom. The van der Waals surface area contributed by atoms with Crippen LogP contribution in [-0.4, -0.2) is 28.4 Å². The van der Waals surface area contributed by atoms with Crippen LogP contribution in [0.4, 0.5) is 0 Å². The monoisotopic (exact) mass is 348 g/mol. The summed E-state index contributed by atoms with van der Waals surface area (Å²) in [4.78, 5) is 24.1. The van der Waals surface area contributed by atoms with Gasteiger partial charge in [0, 0.05) is 5.57 Å². The van der Waals surface area contributed by atoms with Gasteiger partial charge in [-0.1, -0.05) is 25.5 Å². The maximum absolute atomic E-state index is 12.3. The lowest BCUT2D eigenvalue weighted by Gasteiger charge is -2.57. The molecule has 1 heterocycles. The maximum Gasteiger partial charge on any atom is 0.336 e. The van der Waals surface area contributed by atoms with Crippen LogP contribution in [0.15, 0.2) is 23.3 Å². The summed E-state index contributed by atoms with van der Waals surface area (Å²) < 4.78 is 4.78. The van der Waals surface area contributed by atoms with E-state index in [2.05, 4.69) is 19.9 Å². The minimum atomic E-state index is -1.14. The molecule has 0 aromatic heterocycles. The van der Waals surface area contributed by atoms with Gasteiger partial charge in [-0.2, -0.15) is 0 Å². The first-order valence-electron chi connectivity index (χ1n) is 9.22. The molecule has 0 aromatic rings. The van der Waals surface area contributed by atoms with E-state index in [1.54, 1.807) is 0 Å². The third-order valence-corrected chi connectivity index (χ3v) is 7.25. The van der Waals surface area contributed by atoms with Gasteiger partial charge >= 0.3 is 11.9 Å². The van der Waals surface area contributed by atoms with E-state index in [1.807, 2.05) is 6.92 Å². The highest BCUT2D eigenvalue weighted by atomic mass is 16.6. The SMILES string of the molecule is CC1=CCCC2C1(C(=O)O)CCC(C)C2(C)CCC1=CC(O)OC1=O. The highest BCUT2D eigenvalue weighted by Crippen LogP contribution is 2.62. The molecular formula is C20H28O5. The van der Waals surface area contributed by atoms with Gasteiger partial charge < -0.3 is 14.9 Å². The first kappa shape index (κ1) is 18.2. The molecule has 5 nitrogen and oxygen atoms in total. The standard InChI is InChI=1S/C20H28O5/c1-12-7-10-20(18(23)24)13(2)5-4-6-15(20)19(12,3)9-8-14-11-16(21)25-17(14)22/h5,11-12,15-16,21H,4,6-10H2,1-3H3,(H,23,24). The zero-order valence-corrected chi connectivity index (χ0v) is 15.2. The van der Waals surface area contributed by atoms with E-state index in [0.717, 1.165) is 31.3 Å². The van der Waals surface area contributed by atoms with E-state index < -0.39 is 23.6 Å². The van der Waals surface area contributed by atoms with E-state index in [9.17, 15) is 19.8 Å². The van der Waals surface area contributed by atoms with E-state index >= 15 is 0 Å². The Balaban J connectivity index is 1.90. The molecule has 0 amide bonds. The Bertz CT molecular complexity index is 648. The van der Waals surface area contributed by atoms with E-state index in [1.165, 1.54) is 6.08 Å². The topological polar surface area (TPSA) is 83.8 Å². The lowest BCUT2D eigenvalue weighted by molar-refractivity contribution is -0.162. The number of hydrogen-bond acceptors (Lipinski definition) is 4. The van der Waals surface area contributed by atoms with Crippen molar-refractivity contribution in [3.05, 3.63) is 23.3 Å². The molecule has 1 fully saturated rings. The van der Waals surface area contributed by atoms with Crippen LogP contribution in [-0.2, 0) is 14.3 Å². The van der Waals surface area contributed by atoms with Crippen LogP contribution in [0.5, 0.6) is 0 Å². The van der Waals surface area contributed by atoms with Crippen LogP contribution in [0.3, 0.4) is 0 Å². The number of carbonyl (C=O) groups excluding carboxylic acids is 1. The van der Waals surface area contributed by atoms with Crippen molar-refractivity contribution < 1.29 is 24.5 Å². The number of esters is 1. The number of carbonyl (C=O) groups is 2. The van der Waals surface area contributed by atoms with Gasteiger partial charge in [0.25, 0.3) is 0 Å². The number of carboxylic acid groups (broad SMARTS) is 1. The van der Waals surface area contributed by atoms with E-state index in [0.29, 0.717) is 24.3 Å². The predicted molar refractivity (Wildman–Crippen MR) is 92.5 cm³/mol. The third kappa shape index (κ3) is 2.73. The second-order valence-electron chi connectivity index (χ2n) is 8.23. The molecule has 5 heteroatoms. The summed E-state index contributed by atoms with van der Waals surface area (Å²) in [6.45, 7) is 6.36. The molecule has 138 valence electrons. The zero-order chi connectivity index (χ0) is 18.4. The van der Waals surface area contributed by atoms with Gasteiger partial charge in [-0.15, -0.1) is 0 Å². The highest BCUT2D eigenvalue weighted by Gasteiger charge is 2.59. The predicted octanol–water partition coefficient (Wildman–Crippen LogP) is 3.43. The molecule has 5 atom stereocenters. The van der Waals surface area contributed by atoms with Crippen molar-refractivity contribution in [2.45, 2.75) is 65.6 Å². The Morgan fingerprint density at radius 2 is 2.12 bits per heavy atom. The third-order valence-electron chi connectivity index (χ3n) is 7.25. The van der Waals surface area contributed by atoms with Gasteiger partial charge in [0.15, 0.2) is 0 Å². The highest BCUT2D eigenvalue weighted by molar-refractivity contribution is 5.90. The number of hydrogen-bond donors (Lipinski definition) is 2. The molecule has 2 N–H and O–H groups in total. The Hall–Kier alpha value is -1.62. The second kappa shape index (κ2) is 6.27. The van der Waals surface area contributed by atoms with E-state index in [4.69, 9.17) is 4.74 Å². The smallest absolute Gasteiger partial charge is 0.336 e.